The van der Waals surface area contributed by atoms with Gasteiger partial charge in [0.05, 0.1) is 6.04 Å². The minimum Gasteiger partial charge on any atom is -0.489 e. The molecule has 30 heavy (non-hydrogen) atoms. The number of benzene rings is 2. The summed E-state index contributed by atoms with van der Waals surface area (Å²) in [6, 6.07) is 21.6. The number of nitrogens with zero attached hydrogens (tertiary/aromatic N) is 2. The van der Waals surface area contributed by atoms with E-state index in [9.17, 15) is 4.79 Å². The molecule has 1 aromatic heterocycles. The zero-order valence-corrected chi connectivity index (χ0v) is 17.6. The van der Waals surface area contributed by atoms with Gasteiger partial charge in [0.15, 0.2) is 0 Å². The molecule has 3 aromatic rings. The van der Waals surface area contributed by atoms with Crippen LogP contribution in [-0.2, 0) is 6.61 Å². The lowest BCUT2D eigenvalue weighted by Crippen LogP contribution is -2.38. The lowest BCUT2D eigenvalue weighted by molar-refractivity contribution is 0.0935. The fraction of sp³-hybridized carbons (Fsp3) is 0.280. The van der Waals surface area contributed by atoms with Crippen LogP contribution in [0.25, 0.3) is 0 Å². The van der Waals surface area contributed by atoms with Gasteiger partial charge < -0.3 is 10.1 Å². The van der Waals surface area contributed by atoms with Crippen LogP contribution in [0.1, 0.15) is 41.4 Å². The topological polar surface area (TPSA) is 54.5 Å². The summed E-state index contributed by atoms with van der Waals surface area (Å²) in [5, 5.41) is 3.09. The average molecular weight is 404 g/mol. The van der Waals surface area contributed by atoms with Gasteiger partial charge in [-0.15, -0.1) is 0 Å². The molecule has 1 amide bonds. The number of carbonyl (C=O) groups is 1. The van der Waals surface area contributed by atoms with E-state index in [0.29, 0.717) is 18.7 Å². The van der Waals surface area contributed by atoms with Crippen molar-refractivity contribution in [2.75, 3.05) is 19.6 Å². The first-order valence-corrected chi connectivity index (χ1v) is 10.4. The van der Waals surface area contributed by atoms with Gasteiger partial charge in [-0.2, -0.15) is 0 Å². The zero-order valence-electron chi connectivity index (χ0n) is 17.6. The van der Waals surface area contributed by atoms with Gasteiger partial charge in [0.25, 0.3) is 5.91 Å². The fourth-order valence-corrected chi connectivity index (χ4v) is 3.44. The minimum absolute atomic E-state index is 0.0816. The maximum absolute atomic E-state index is 12.7. The monoisotopic (exact) mass is 403 g/mol. The van der Waals surface area contributed by atoms with Gasteiger partial charge in [0.1, 0.15) is 12.4 Å². The Morgan fingerprint density at radius 1 is 1.00 bits per heavy atom. The van der Waals surface area contributed by atoms with E-state index in [2.05, 4.69) is 41.2 Å². The van der Waals surface area contributed by atoms with E-state index in [1.54, 1.807) is 24.5 Å². The van der Waals surface area contributed by atoms with Crippen molar-refractivity contribution in [3.8, 4) is 5.75 Å². The molecule has 1 atom stereocenters. The van der Waals surface area contributed by atoms with Crippen molar-refractivity contribution in [2.45, 2.75) is 26.5 Å². The normalized spacial score (nSPS) is 11.8. The van der Waals surface area contributed by atoms with Crippen molar-refractivity contribution in [3.63, 3.8) is 0 Å². The predicted molar refractivity (Wildman–Crippen MR) is 119 cm³/mol. The van der Waals surface area contributed by atoms with Gasteiger partial charge in [-0.05, 0) is 49.0 Å². The third kappa shape index (κ3) is 5.91. The lowest BCUT2D eigenvalue weighted by atomic mass is 10.0. The highest BCUT2D eigenvalue weighted by atomic mass is 16.5. The molecule has 1 N–H and O–H groups in total. The van der Waals surface area contributed by atoms with Gasteiger partial charge in [0, 0.05) is 30.1 Å². The molecule has 5 nitrogen and oxygen atoms in total. The summed E-state index contributed by atoms with van der Waals surface area (Å²) in [5.74, 6) is 0.641. The Kier molecular flexibility index (Phi) is 7.98. The molecule has 0 saturated heterocycles. The van der Waals surface area contributed by atoms with E-state index in [-0.39, 0.29) is 11.9 Å². The number of hydrogen-bond acceptors (Lipinski definition) is 4. The Bertz CT molecular complexity index is 895. The highest BCUT2D eigenvalue weighted by molar-refractivity contribution is 5.94. The molecule has 2 aromatic carbocycles. The number of carbonyl (C=O) groups excluding carboxylic acids is 1. The van der Waals surface area contributed by atoms with Crippen molar-refractivity contribution in [3.05, 3.63) is 95.8 Å². The van der Waals surface area contributed by atoms with Crippen LogP contribution in [0.5, 0.6) is 5.75 Å². The standard InChI is InChI=1S/C25H29N3O2/c1-3-28(4-2)24(21-10-6-5-7-11-21)18-27-25(29)22-12-14-23(15-13-22)30-19-20-9-8-16-26-17-20/h5-17,24H,3-4,18-19H2,1-2H3,(H,27,29)/t24-/m0/s1. The van der Waals surface area contributed by atoms with Crippen LogP contribution < -0.4 is 10.1 Å². The van der Waals surface area contributed by atoms with E-state index < -0.39 is 0 Å². The quantitative estimate of drug-likeness (QED) is 0.543. The average Bonchev–Trinajstić information content (AvgIpc) is 2.82. The maximum Gasteiger partial charge on any atom is 0.251 e. The number of ether oxygens (including phenoxy) is 1. The van der Waals surface area contributed by atoms with E-state index in [4.69, 9.17) is 4.74 Å². The Morgan fingerprint density at radius 3 is 2.37 bits per heavy atom. The van der Waals surface area contributed by atoms with Crippen molar-refractivity contribution >= 4 is 5.91 Å². The molecule has 0 fully saturated rings. The van der Waals surface area contributed by atoms with Crippen LogP contribution in [0, 0.1) is 0 Å². The molecule has 0 aliphatic heterocycles. The molecule has 0 saturated carbocycles. The molecule has 0 radical (unpaired) electrons. The van der Waals surface area contributed by atoms with E-state index in [0.717, 1.165) is 24.4 Å². The summed E-state index contributed by atoms with van der Waals surface area (Å²) in [6.07, 6.45) is 3.51. The van der Waals surface area contributed by atoms with Gasteiger partial charge in [-0.1, -0.05) is 50.2 Å². The Balaban J connectivity index is 1.59. The molecule has 156 valence electrons. The van der Waals surface area contributed by atoms with Crippen molar-refractivity contribution in [1.29, 1.82) is 0 Å². The number of aromatic nitrogens is 1. The van der Waals surface area contributed by atoms with E-state index in [1.807, 2.05) is 42.5 Å². The summed E-state index contributed by atoms with van der Waals surface area (Å²) < 4.78 is 5.77. The largest absolute Gasteiger partial charge is 0.489 e. The lowest BCUT2D eigenvalue weighted by Gasteiger charge is -2.30. The van der Waals surface area contributed by atoms with Crippen molar-refractivity contribution in [2.24, 2.45) is 0 Å². The van der Waals surface area contributed by atoms with Crippen molar-refractivity contribution in [1.82, 2.24) is 15.2 Å². The van der Waals surface area contributed by atoms with Crippen LogP contribution in [0.3, 0.4) is 0 Å². The van der Waals surface area contributed by atoms with Gasteiger partial charge in [0.2, 0.25) is 0 Å². The summed E-state index contributed by atoms with van der Waals surface area (Å²) in [5.41, 5.74) is 2.83. The van der Waals surface area contributed by atoms with Gasteiger partial charge in [-0.25, -0.2) is 0 Å². The fourth-order valence-electron chi connectivity index (χ4n) is 3.44. The Hall–Kier alpha value is -3.18. The number of likely N-dealkylation sites (N-methyl/N-ethyl adjacent to an activating group) is 1. The molecule has 0 bridgehead atoms. The van der Waals surface area contributed by atoms with Crippen LogP contribution >= 0.6 is 0 Å². The third-order valence-electron chi connectivity index (χ3n) is 5.14. The van der Waals surface area contributed by atoms with E-state index >= 15 is 0 Å². The van der Waals surface area contributed by atoms with Gasteiger partial charge >= 0.3 is 0 Å². The van der Waals surface area contributed by atoms with Crippen LogP contribution in [0.15, 0.2) is 79.1 Å². The molecule has 0 unspecified atom stereocenters. The molecular formula is C25H29N3O2. The second-order valence-corrected chi connectivity index (χ2v) is 7.03. The number of rotatable bonds is 10. The highest BCUT2D eigenvalue weighted by Crippen LogP contribution is 2.20. The summed E-state index contributed by atoms with van der Waals surface area (Å²) in [6.45, 7) is 7.15. The molecule has 3 rings (SSSR count). The molecule has 0 aliphatic rings. The molecular weight excluding hydrogens is 374 g/mol. The van der Waals surface area contributed by atoms with Crippen LogP contribution in [-0.4, -0.2) is 35.4 Å². The van der Waals surface area contributed by atoms with Gasteiger partial charge in [-0.3, -0.25) is 14.7 Å². The second kappa shape index (κ2) is 11.1. The molecule has 0 spiro atoms. The number of amides is 1. The van der Waals surface area contributed by atoms with Crippen LogP contribution in [0.2, 0.25) is 0 Å². The highest BCUT2D eigenvalue weighted by Gasteiger charge is 2.19. The minimum atomic E-state index is -0.0816. The second-order valence-electron chi connectivity index (χ2n) is 7.03. The van der Waals surface area contributed by atoms with Crippen molar-refractivity contribution < 1.29 is 9.53 Å². The Labute approximate surface area is 178 Å². The smallest absolute Gasteiger partial charge is 0.251 e. The maximum atomic E-state index is 12.7. The summed E-state index contributed by atoms with van der Waals surface area (Å²) in [4.78, 5) is 19.1. The number of hydrogen-bond donors (Lipinski definition) is 1. The number of pyridine rings is 1. The third-order valence-corrected chi connectivity index (χ3v) is 5.14. The first-order valence-electron chi connectivity index (χ1n) is 10.4. The number of nitrogens with one attached hydrogen (secondary N) is 1. The summed E-state index contributed by atoms with van der Waals surface area (Å²) in [7, 11) is 0. The molecule has 0 aliphatic carbocycles. The van der Waals surface area contributed by atoms with E-state index in [1.165, 1.54) is 5.56 Å². The first-order chi connectivity index (χ1) is 14.7. The SMILES string of the molecule is CCN(CC)[C@@H](CNC(=O)c1ccc(OCc2cccnc2)cc1)c1ccccc1. The zero-order chi connectivity index (χ0) is 21.2. The van der Waals surface area contributed by atoms with Crippen LogP contribution in [0.4, 0.5) is 0 Å². The molecule has 5 heteroatoms. The molecule has 1 heterocycles. The first kappa shape index (κ1) is 21.5. The summed E-state index contributed by atoms with van der Waals surface area (Å²) >= 11 is 0. The predicted octanol–water partition coefficient (Wildman–Crippen LogP) is 4.47. The Morgan fingerprint density at radius 2 is 1.73 bits per heavy atom.